The van der Waals surface area contributed by atoms with E-state index in [2.05, 4.69) is 30.2 Å². The van der Waals surface area contributed by atoms with Gasteiger partial charge in [0.1, 0.15) is 11.8 Å². The Morgan fingerprint density at radius 1 is 1.00 bits per heavy atom. The van der Waals surface area contributed by atoms with Crippen LogP contribution in [0.15, 0.2) is 58.6 Å². The quantitative estimate of drug-likeness (QED) is 0.538. The molecule has 0 unspecified atom stereocenters. The van der Waals surface area contributed by atoms with Crippen molar-refractivity contribution in [2.24, 2.45) is 0 Å². The summed E-state index contributed by atoms with van der Waals surface area (Å²) in [5.41, 5.74) is 3.56. The number of sulfone groups is 1. The largest absolute Gasteiger partial charge is 0.355 e. The Morgan fingerprint density at radius 2 is 1.79 bits per heavy atom. The van der Waals surface area contributed by atoms with Crippen LogP contribution in [0, 0.1) is 0 Å². The molecule has 1 aromatic carbocycles. The summed E-state index contributed by atoms with van der Waals surface area (Å²) in [5.74, 6) is 0.781. The van der Waals surface area contributed by atoms with Gasteiger partial charge >= 0.3 is 0 Å². The second kappa shape index (κ2) is 7.23. The molecule has 1 fully saturated rings. The number of imidazole rings is 1. The maximum Gasteiger partial charge on any atom is 0.182 e. The Kier molecular flexibility index (Phi) is 4.56. The van der Waals surface area contributed by atoms with Crippen LogP contribution < -0.4 is 4.90 Å². The average Bonchev–Trinajstić information content (AvgIpc) is 3.46. The number of aromatic amines is 1. The van der Waals surface area contributed by atoms with Gasteiger partial charge in [0, 0.05) is 13.1 Å². The molecule has 0 atom stereocenters. The van der Waals surface area contributed by atoms with Gasteiger partial charge in [-0.05, 0) is 52.9 Å². The van der Waals surface area contributed by atoms with Gasteiger partial charge in [-0.2, -0.15) is 11.3 Å². The van der Waals surface area contributed by atoms with Gasteiger partial charge in [0.05, 0.1) is 16.5 Å². The van der Waals surface area contributed by atoms with E-state index >= 15 is 0 Å². The summed E-state index contributed by atoms with van der Waals surface area (Å²) >= 11 is 1.63. The lowest BCUT2D eigenvalue weighted by molar-refractivity contribution is 0.528. The SMILES string of the molecule is O=S(=O)(c1ccc(-c2ccsc2)cc1)C1CCN(c2ncnc3nc[nH]c23)CC1. The van der Waals surface area contributed by atoms with Crippen molar-refractivity contribution in [2.75, 3.05) is 18.0 Å². The second-order valence-electron chi connectivity index (χ2n) is 7.07. The average molecular weight is 426 g/mol. The van der Waals surface area contributed by atoms with E-state index in [4.69, 9.17) is 0 Å². The third-order valence-corrected chi connectivity index (χ3v) is 8.38. The van der Waals surface area contributed by atoms with Crippen LogP contribution in [0.5, 0.6) is 0 Å². The highest BCUT2D eigenvalue weighted by atomic mass is 32.2. The van der Waals surface area contributed by atoms with Crippen molar-refractivity contribution >= 4 is 38.2 Å². The molecule has 0 spiro atoms. The third-order valence-electron chi connectivity index (χ3n) is 5.42. The number of fused-ring (bicyclic) bond motifs is 1. The van der Waals surface area contributed by atoms with Crippen LogP contribution in [0.2, 0.25) is 0 Å². The minimum atomic E-state index is -3.36. The minimum absolute atomic E-state index is 0.384. The molecule has 5 rings (SSSR count). The molecule has 4 aromatic rings. The fraction of sp³-hybridized carbons (Fsp3) is 0.250. The standard InChI is InChI=1S/C20H19N5O2S2/c26-29(27,16-3-1-14(2-4-16)15-7-10-28-11-15)17-5-8-25(9-6-17)20-18-19(22-12-21-18)23-13-24-20/h1-4,7,10-13,17H,5-6,8-9H2,(H,21,22,23,24). The highest BCUT2D eigenvalue weighted by molar-refractivity contribution is 7.92. The van der Waals surface area contributed by atoms with Gasteiger partial charge in [0.25, 0.3) is 0 Å². The molecule has 29 heavy (non-hydrogen) atoms. The van der Waals surface area contributed by atoms with Crippen molar-refractivity contribution in [3.05, 3.63) is 53.7 Å². The number of rotatable bonds is 4. The Hall–Kier alpha value is -2.78. The van der Waals surface area contributed by atoms with Crippen LogP contribution >= 0.6 is 11.3 Å². The molecule has 1 N–H and O–H groups in total. The lowest BCUT2D eigenvalue weighted by Crippen LogP contribution is -2.39. The molecule has 1 aliphatic heterocycles. The Balaban J connectivity index is 1.33. The van der Waals surface area contributed by atoms with E-state index in [1.54, 1.807) is 29.8 Å². The van der Waals surface area contributed by atoms with Crippen LogP contribution in [0.3, 0.4) is 0 Å². The van der Waals surface area contributed by atoms with Crippen molar-refractivity contribution in [1.29, 1.82) is 0 Å². The monoisotopic (exact) mass is 425 g/mol. The summed E-state index contributed by atoms with van der Waals surface area (Å²) < 4.78 is 26.3. The maximum atomic E-state index is 13.1. The molecule has 0 bridgehead atoms. The number of aromatic nitrogens is 4. The summed E-state index contributed by atoms with van der Waals surface area (Å²) in [6.45, 7) is 1.25. The number of hydrogen-bond donors (Lipinski definition) is 1. The molecule has 0 radical (unpaired) electrons. The Labute approximate surface area is 172 Å². The van der Waals surface area contributed by atoms with Crippen LogP contribution in [0.25, 0.3) is 22.3 Å². The van der Waals surface area contributed by atoms with E-state index in [1.165, 1.54) is 6.33 Å². The predicted octanol–water partition coefficient (Wildman–Crippen LogP) is 3.52. The molecule has 148 valence electrons. The molecule has 4 heterocycles. The number of nitrogens with one attached hydrogen (secondary N) is 1. The number of H-pyrrole nitrogens is 1. The summed E-state index contributed by atoms with van der Waals surface area (Å²) in [5, 5.41) is 3.69. The lowest BCUT2D eigenvalue weighted by Gasteiger charge is -2.32. The van der Waals surface area contributed by atoms with Gasteiger partial charge < -0.3 is 9.88 Å². The summed E-state index contributed by atoms with van der Waals surface area (Å²) in [4.78, 5) is 18.3. The first-order valence-corrected chi connectivity index (χ1v) is 11.9. The molecular weight excluding hydrogens is 406 g/mol. The zero-order valence-electron chi connectivity index (χ0n) is 15.5. The summed E-state index contributed by atoms with van der Waals surface area (Å²) in [6.07, 6.45) is 4.22. The van der Waals surface area contributed by atoms with Gasteiger partial charge in [-0.1, -0.05) is 12.1 Å². The van der Waals surface area contributed by atoms with E-state index in [9.17, 15) is 8.42 Å². The summed E-state index contributed by atoms with van der Waals surface area (Å²) in [6, 6.07) is 9.27. The first-order chi connectivity index (χ1) is 14.1. The first-order valence-electron chi connectivity index (χ1n) is 9.38. The van der Waals surface area contributed by atoms with Crippen molar-refractivity contribution in [1.82, 2.24) is 19.9 Å². The van der Waals surface area contributed by atoms with Gasteiger partial charge in [-0.25, -0.2) is 23.4 Å². The first kappa shape index (κ1) is 18.3. The number of benzene rings is 1. The molecule has 0 aliphatic carbocycles. The van der Waals surface area contributed by atoms with Crippen molar-refractivity contribution in [3.8, 4) is 11.1 Å². The molecule has 9 heteroatoms. The highest BCUT2D eigenvalue weighted by Gasteiger charge is 2.32. The van der Waals surface area contributed by atoms with Crippen molar-refractivity contribution in [2.45, 2.75) is 23.0 Å². The van der Waals surface area contributed by atoms with Gasteiger partial charge in [0.2, 0.25) is 0 Å². The normalized spacial score (nSPS) is 15.8. The molecule has 1 aliphatic rings. The predicted molar refractivity (Wildman–Crippen MR) is 114 cm³/mol. The van der Waals surface area contributed by atoms with E-state index in [1.807, 2.05) is 23.6 Å². The van der Waals surface area contributed by atoms with Gasteiger partial charge in [-0.3, -0.25) is 0 Å². The van der Waals surface area contributed by atoms with Gasteiger partial charge in [0.15, 0.2) is 21.3 Å². The summed E-state index contributed by atoms with van der Waals surface area (Å²) in [7, 11) is -3.36. The van der Waals surface area contributed by atoms with E-state index in [0.29, 0.717) is 36.5 Å². The van der Waals surface area contributed by atoms with Crippen LogP contribution in [-0.4, -0.2) is 46.7 Å². The number of hydrogen-bond acceptors (Lipinski definition) is 7. The lowest BCUT2D eigenvalue weighted by atomic mass is 10.1. The van der Waals surface area contributed by atoms with Crippen molar-refractivity contribution in [3.63, 3.8) is 0 Å². The molecule has 0 saturated carbocycles. The van der Waals surface area contributed by atoms with Crippen molar-refractivity contribution < 1.29 is 8.42 Å². The fourth-order valence-corrected chi connectivity index (χ4v) is 6.22. The van der Waals surface area contributed by atoms with E-state index in [-0.39, 0.29) is 5.25 Å². The number of thiophene rings is 1. The number of nitrogens with zero attached hydrogens (tertiary/aromatic N) is 4. The van der Waals surface area contributed by atoms with E-state index < -0.39 is 9.84 Å². The second-order valence-corrected chi connectivity index (χ2v) is 10.1. The zero-order chi connectivity index (χ0) is 19.8. The highest BCUT2D eigenvalue weighted by Crippen LogP contribution is 2.30. The van der Waals surface area contributed by atoms with Gasteiger partial charge in [-0.15, -0.1) is 0 Å². The number of piperidine rings is 1. The molecule has 0 amide bonds. The third kappa shape index (κ3) is 3.30. The topological polar surface area (TPSA) is 91.8 Å². The Morgan fingerprint density at radius 3 is 2.52 bits per heavy atom. The van der Waals surface area contributed by atoms with Crippen LogP contribution in [0.1, 0.15) is 12.8 Å². The Bertz CT molecular complexity index is 1230. The molecule has 1 saturated heterocycles. The zero-order valence-corrected chi connectivity index (χ0v) is 17.2. The van der Waals surface area contributed by atoms with E-state index in [0.717, 1.165) is 22.5 Å². The maximum absolute atomic E-state index is 13.1. The minimum Gasteiger partial charge on any atom is -0.355 e. The molecular formula is C20H19N5O2S2. The van der Waals surface area contributed by atoms with Crippen LogP contribution in [0.4, 0.5) is 5.82 Å². The molecule has 3 aromatic heterocycles. The smallest absolute Gasteiger partial charge is 0.182 e. The fourth-order valence-electron chi connectivity index (χ4n) is 3.83. The number of anilines is 1. The van der Waals surface area contributed by atoms with Crippen LogP contribution in [-0.2, 0) is 9.84 Å². The molecule has 7 nitrogen and oxygen atoms in total.